The fourth-order valence-corrected chi connectivity index (χ4v) is 8.62. The van der Waals surface area contributed by atoms with Crippen molar-refractivity contribution in [1.82, 2.24) is 9.80 Å². The molecule has 1 fully saturated rings. The molecular formula is C53H104N2O6. The van der Waals surface area contributed by atoms with Gasteiger partial charge in [0.15, 0.2) is 0 Å². The maximum atomic E-state index is 12.2. The van der Waals surface area contributed by atoms with E-state index in [1.54, 1.807) is 7.11 Å². The van der Waals surface area contributed by atoms with Crippen molar-refractivity contribution in [2.24, 2.45) is 17.8 Å². The number of piperazine rings is 1. The summed E-state index contributed by atoms with van der Waals surface area (Å²) in [5.41, 5.74) is 0. The summed E-state index contributed by atoms with van der Waals surface area (Å²) in [7, 11) is 3.95. The molecule has 8 heteroatoms. The van der Waals surface area contributed by atoms with Crippen LogP contribution in [0.2, 0.25) is 0 Å². The molecule has 0 aliphatic carbocycles. The Morgan fingerprint density at radius 1 is 0.475 bits per heavy atom. The quantitative estimate of drug-likeness (QED) is 0.0340. The summed E-state index contributed by atoms with van der Waals surface area (Å²) in [6, 6.07) is 0. The molecule has 8 nitrogen and oxygen atoms in total. The Kier molecular flexibility index (Phi) is 45.3. The highest BCUT2D eigenvalue weighted by molar-refractivity contribution is 5.69. The predicted octanol–water partition coefficient (Wildman–Crippen LogP) is 14.0. The summed E-state index contributed by atoms with van der Waals surface area (Å²) >= 11 is 0. The summed E-state index contributed by atoms with van der Waals surface area (Å²) in [5, 5.41) is 0. The van der Waals surface area contributed by atoms with Crippen LogP contribution in [0.25, 0.3) is 0 Å². The Balaban J connectivity index is 0.00000255. The minimum Gasteiger partial charge on any atom is -0.466 e. The van der Waals surface area contributed by atoms with E-state index >= 15 is 0 Å². The van der Waals surface area contributed by atoms with Gasteiger partial charge in [0, 0.05) is 65.2 Å². The zero-order chi connectivity index (χ0) is 44.9. The van der Waals surface area contributed by atoms with Crippen LogP contribution in [0, 0.1) is 17.8 Å². The topological polar surface area (TPSA) is 85.4 Å². The average Bonchev–Trinajstić information content (AvgIpc) is 3.26. The molecule has 0 aromatic rings. The lowest BCUT2D eigenvalue weighted by atomic mass is 9.92. The molecule has 1 saturated heterocycles. The third-order valence-electron chi connectivity index (χ3n) is 13.0. The Hall–Kier alpha value is -1.51. The molecule has 61 heavy (non-hydrogen) atoms. The number of nitrogens with zero attached hydrogens (tertiary/aromatic N) is 2. The fraction of sp³-hybridized carbons (Fsp3) is 0.943. The van der Waals surface area contributed by atoms with Crippen LogP contribution >= 0.6 is 0 Å². The second-order valence-electron chi connectivity index (χ2n) is 18.7. The van der Waals surface area contributed by atoms with Crippen LogP contribution in [0.4, 0.5) is 0 Å². The van der Waals surface area contributed by atoms with Gasteiger partial charge in [0.1, 0.15) is 6.29 Å². The minimum atomic E-state index is -0.0310. The van der Waals surface area contributed by atoms with E-state index in [2.05, 4.69) is 44.5 Å². The average molecular weight is 865 g/mol. The third kappa shape index (κ3) is 41.0. The van der Waals surface area contributed by atoms with Gasteiger partial charge in [-0.1, -0.05) is 182 Å². The summed E-state index contributed by atoms with van der Waals surface area (Å²) in [4.78, 5) is 40.9. The van der Waals surface area contributed by atoms with E-state index < -0.39 is 0 Å². The zero-order valence-electron chi connectivity index (χ0n) is 41.6. The largest absolute Gasteiger partial charge is 0.466 e. The highest BCUT2D eigenvalue weighted by atomic mass is 16.5. The number of unbranched alkanes of at least 4 members (excludes halogenated alkanes) is 16. The number of aldehydes is 1. The number of rotatable bonds is 43. The maximum Gasteiger partial charge on any atom is 0.305 e. The number of esters is 2. The highest BCUT2D eigenvalue weighted by Crippen LogP contribution is 2.23. The summed E-state index contributed by atoms with van der Waals surface area (Å²) < 4.78 is 16.2. The Bertz CT molecular complexity index is 866. The Labute approximate surface area is 379 Å². The number of ether oxygens (including phenoxy) is 3. The van der Waals surface area contributed by atoms with E-state index in [1.807, 2.05) is 0 Å². The van der Waals surface area contributed by atoms with E-state index in [0.29, 0.717) is 37.9 Å². The lowest BCUT2D eigenvalue weighted by Crippen LogP contribution is -2.44. The van der Waals surface area contributed by atoms with Crippen molar-refractivity contribution in [3.63, 3.8) is 0 Å². The van der Waals surface area contributed by atoms with Gasteiger partial charge in [-0.15, -0.1) is 0 Å². The number of hydrogen-bond donors (Lipinski definition) is 0. The normalized spacial score (nSPS) is 13.5. The van der Waals surface area contributed by atoms with E-state index in [-0.39, 0.29) is 17.9 Å². The van der Waals surface area contributed by atoms with Gasteiger partial charge < -0.3 is 28.8 Å². The van der Waals surface area contributed by atoms with Crippen molar-refractivity contribution < 1.29 is 28.6 Å². The van der Waals surface area contributed by atoms with Crippen molar-refractivity contribution in [2.75, 3.05) is 66.7 Å². The molecule has 0 radical (unpaired) electrons. The van der Waals surface area contributed by atoms with Gasteiger partial charge in [0.25, 0.3) is 0 Å². The van der Waals surface area contributed by atoms with Crippen LogP contribution in [0.3, 0.4) is 0 Å². The van der Waals surface area contributed by atoms with Crippen LogP contribution < -0.4 is 0 Å². The monoisotopic (exact) mass is 865 g/mol. The van der Waals surface area contributed by atoms with Crippen LogP contribution in [0.15, 0.2) is 0 Å². The maximum absolute atomic E-state index is 12.2. The van der Waals surface area contributed by atoms with Crippen LogP contribution in [0.5, 0.6) is 0 Å². The van der Waals surface area contributed by atoms with Crippen molar-refractivity contribution in [3.05, 3.63) is 0 Å². The molecule has 0 unspecified atom stereocenters. The van der Waals surface area contributed by atoms with E-state index in [4.69, 9.17) is 14.2 Å². The van der Waals surface area contributed by atoms with E-state index in [9.17, 15) is 14.4 Å². The van der Waals surface area contributed by atoms with E-state index in [1.165, 1.54) is 142 Å². The van der Waals surface area contributed by atoms with Gasteiger partial charge in [-0.3, -0.25) is 9.59 Å². The molecule has 1 rings (SSSR count). The molecule has 0 atom stereocenters. The second-order valence-corrected chi connectivity index (χ2v) is 18.7. The summed E-state index contributed by atoms with van der Waals surface area (Å²) in [6.07, 6.45) is 38.6. The van der Waals surface area contributed by atoms with Gasteiger partial charge in [0.2, 0.25) is 0 Å². The van der Waals surface area contributed by atoms with Crippen LogP contribution in [0.1, 0.15) is 240 Å². The first-order valence-corrected chi connectivity index (χ1v) is 26.5. The van der Waals surface area contributed by atoms with Gasteiger partial charge in [-0.05, 0) is 63.8 Å². The Morgan fingerprint density at radius 3 is 1.23 bits per heavy atom. The number of carbonyl (C=O) groups is 3. The van der Waals surface area contributed by atoms with Crippen molar-refractivity contribution in [2.45, 2.75) is 240 Å². The van der Waals surface area contributed by atoms with Crippen molar-refractivity contribution in [1.29, 1.82) is 0 Å². The smallest absolute Gasteiger partial charge is 0.305 e. The lowest BCUT2D eigenvalue weighted by molar-refractivity contribution is -0.145. The molecule has 1 aliphatic rings. The zero-order valence-corrected chi connectivity index (χ0v) is 41.6. The number of hydrogen-bond acceptors (Lipinski definition) is 8. The molecule has 0 saturated carbocycles. The standard InChI is InChI=1S/C44H84O5.C9H20N2O/c1-5-9-19-27-40(28-20-10-6-2)35-37-48-43(46)33-25-17-13-15-23-31-42(39-45)32-24-16-14-18-26-34-44(47)49-38-36-41(29-21-11-7-3)30-22-12-8-4;1-10-5-7-11(8-6-10)4-3-9-12-2/h39-42H,5-38H2,1-4H3;3-9H2,1-2H3. The predicted molar refractivity (Wildman–Crippen MR) is 259 cm³/mol. The van der Waals surface area contributed by atoms with Crippen molar-refractivity contribution >= 4 is 18.2 Å². The van der Waals surface area contributed by atoms with E-state index in [0.717, 1.165) is 103 Å². The molecule has 362 valence electrons. The molecule has 0 aromatic heterocycles. The van der Waals surface area contributed by atoms with Gasteiger partial charge >= 0.3 is 11.9 Å². The van der Waals surface area contributed by atoms with Gasteiger partial charge in [-0.25, -0.2) is 0 Å². The van der Waals surface area contributed by atoms with Crippen LogP contribution in [-0.2, 0) is 28.6 Å². The number of likely N-dealkylation sites (N-methyl/N-ethyl adjacent to an activating group) is 1. The number of carbonyl (C=O) groups excluding carboxylic acids is 3. The Morgan fingerprint density at radius 2 is 0.852 bits per heavy atom. The molecule has 0 amide bonds. The molecule has 1 aliphatic heterocycles. The summed E-state index contributed by atoms with van der Waals surface area (Å²) in [5.74, 6) is 1.52. The fourth-order valence-electron chi connectivity index (χ4n) is 8.62. The third-order valence-corrected chi connectivity index (χ3v) is 13.0. The summed E-state index contributed by atoms with van der Waals surface area (Å²) in [6.45, 7) is 17.2. The van der Waals surface area contributed by atoms with Crippen molar-refractivity contribution in [3.8, 4) is 0 Å². The first-order chi connectivity index (χ1) is 29.8. The molecule has 0 aromatic carbocycles. The van der Waals surface area contributed by atoms with Gasteiger partial charge in [-0.2, -0.15) is 0 Å². The SMILES string of the molecule is CCCCCC(CCCCC)CCOC(=O)CCCCCCCC(C=O)CCCCCCCC(=O)OCCC(CCCCC)CCCCC.COCCCN1CCN(C)CC1. The number of methoxy groups -OCH3 is 1. The molecule has 0 N–H and O–H groups in total. The van der Waals surface area contributed by atoms with Crippen LogP contribution in [-0.4, -0.2) is 94.7 Å². The molecular weight excluding hydrogens is 761 g/mol. The minimum absolute atomic E-state index is 0.0310. The molecule has 0 bridgehead atoms. The van der Waals surface area contributed by atoms with Gasteiger partial charge in [0.05, 0.1) is 13.2 Å². The lowest BCUT2D eigenvalue weighted by Gasteiger charge is -2.32. The first kappa shape index (κ1) is 59.5. The first-order valence-electron chi connectivity index (χ1n) is 26.5. The molecule has 1 heterocycles. The highest BCUT2D eigenvalue weighted by Gasteiger charge is 2.14. The second kappa shape index (κ2) is 46.5. The molecule has 0 spiro atoms.